The summed E-state index contributed by atoms with van der Waals surface area (Å²) < 4.78 is 39.8. The van der Waals surface area contributed by atoms with Crippen molar-refractivity contribution < 1.29 is 57.1 Å². The van der Waals surface area contributed by atoms with E-state index in [2.05, 4.69) is 30.8 Å². The topological polar surface area (TPSA) is 238 Å². The van der Waals surface area contributed by atoms with Crippen molar-refractivity contribution in [1.29, 1.82) is 0 Å². The van der Waals surface area contributed by atoms with E-state index in [0.717, 1.165) is 58.2 Å². The van der Waals surface area contributed by atoms with E-state index < -0.39 is 29.7 Å². The number of methoxy groups -OCH3 is 1. The summed E-state index contributed by atoms with van der Waals surface area (Å²) in [4.78, 5) is 88.7. The molecule has 4 heterocycles. The molecular weight excluding hydrogens is 1100 g/mol. The van der Waals surface area contributed by atoms with Gasteiger partial charge in [-0.15, -0.1) is 11.3 Å². The molecule has 82 heavy (non-hydrogen) atoms. The van der Waals surface area contributed by atoms with Crippen LogP contribution < -0.4 is 25.4 Å². The van der Waals surface area contributed by atoms with E-state index in [4.69, 9.17) is 49.7 Å². The predicted octanol–water partition coefficient (Wildman–Crippen LogP) is 7.50. The third-order valence-corrected chi connectivity index (χ3v) is 15.7. The van der Waals surface area contributed by atoms with Gasteiger partial charge in [-0.3, -0.25) is 29.0 Å². The first-order chi connectivity index (χ1) is 39.5. The van der Waals surface area contributed by atoms with Crippen LogP contribution in [0.3, 0.4) is 0 Å². The number of amides is 4. The highest BCUT2D eigenvalue weighted by atomic mass is 35.5. The van der Waals surface area contributed by atoms with E-state index >= 15 is 0 Å². The van der Waals surface area contributed by atoms with Crippen molar-refractivity contribution in [3.8, 4) is 11.5 Å². The van der Waals surface area contributed by atoms with Gasteiger partial charge in [0.15, 0.2) is 0 Å². The Balaban J connectivity index is 0.730. The van der Waals surface area contributed by atoms with Crippen molar-refractivity contribution in [2.24, 2.45) is 5.92 Å². The minimum absolute atomic E-state index is 0.0364. The zero-order valence-electron chi connectivity index (χ0n) is 48.4. The number of aromatic nitrogens is 3. The fourth-order valence-corrected chi connectivity index (χ4v) is 11.0. The van der Waals surface area contributed by atoms with Gasteiger partial charge in [-0.05, 0) is 89.6 Å². The summed E-state index contributed by atoms with van der Waals surface area (Å²) in [6.07, 6.45) is 7.00. The quantitative estimate of drug-likeness (QED) is 0.0352. The molecule has 2 saturated heterocycles. The Morgan fingerprint density at radius 2 is 1.50 bits per heavy atom. The second-order valence-electron chi connectivity index (χ2n) is 21.4. The summed E-state index contributed by atoms with van der Waals surface area (Å²) in [7, 11) is 4.79. The Morgan fingerprint density at radius 1 is 0.817 bits per heavy atom. The maximum absolute atomic E-state index is 14.5. The van der Waals surface area contributed by atoms with Gasteiger partial charge in [-0.2, -0.15) is 4.98 Å². The van der Waals surface area contributed by atoms with Crippen molar-refractivity contribution in [2.75, 3.05) is 131 Å². The van der Waals surface area contributed by atoms with Gasteiger partial charge in [0.2, 0.25) is 23.5 Å². The number of thiazole rings is 1. The summed E-state index contributed by atoms with van der Waals surface area (Å²) >= 11 is 7.47. The number of carbonyl (C=O) groups excluding carboxylic acids is 5. The maximum atomic E-state index is 14.5. The average Bonchev–Trinajstić information content (AvgIpc) is 4.31. The number of anilines is 3. The molecule has 3 fully saturated rings. The van der Waals surface area contributed by atoms with E-state index in [1.807, 2.05) is 9.80 Å². The number of nitrogens with one attached hydrogen (secondary N) is 3. The highest BCUT2D eigenvalue weighted by Gasteiger charge is 2.41. The number of nitrogens with zero attached hydrogens (tertiary/aromatic N) is 7. The van der Waals surface area contributed by atoms with E-state index in [1.165, 1.54) is 29.5 Å². The van der Waals surface area contributed by atoms with Gasteiger partial charge in [0.25, 0.3) is 5.91 Å². The Kier molecular flexibility index (Phi) is 24.3. The third-order valence-electron chi connectivity index (χ3n) is 14.5. The smallest absolute Gasteiger partial charge is 0.410 e. The number of halogens is 1. The molecule has 0 unspecified atom stereocenters. The molecule has 1 aliphatic carbocycles. The van der Waals surface area contributed by atoms with E-state index in [0.29, 0.717) is 129 Å². The van der Waals surface area contributed by atoms with Crippen molar-refractivity contribution in [3.05, 3.63) is 80.9 Å². The van der Waals surface area contributed by atoms with Crippen molar-refractivity contribution in [2.45, 2.75) is 96.4 Å². The van der Waals surface area contributed by atoms with Gasteiger partial charge in [-0.1, -0.05) is 43.0 Å². The molecular formula is C58H81ClN10O12S. The van der Waals surface area contributed by atoms with Crippen molar-refractivity contribution >= 4 is 70.0 Å². The lowest BCUT2D eigenvalue weighted by Crippen LogP contribution is -2.56. The largest absolute Gasteiger partial charge is 0.495 e. The molecule has 2 aliphatic heterocycles. The highest BCUT2D eigenvalue weighted by molar-refractivity contribution is 7.10. The first kappa shape index (κ1) is 63.4. The minimum atomic E-state index is -0.863. The van der Waals surface area contributed by atoms with Gasteiger partial charge in [0, 0.05) is 69.9 Å². The number of piperazine rings is 1. The van der Waals surface area contributed by atoms with E-state index in [9.17, 15) is 24.0 Å². The van der Waals surface area contributed by atoms with Crippen molar-refractivity contribution in [3.63, 3.8) is 0 Å². The Bertz CT molecular complexity index is 2740. The second-order valence-corrected chi connectivity index (χ2v) is 22.7. The number of hydrogen-bond donors (Lipinski definition) is 3. The zero-order valence-corrected chi connectivity index (χ0v) is 50.0. The van der Waals surface area contributed by atoms with Crippen LogP contribution in [0.15, 0.2) is 54.0 Å². The molecule has 0 radical (unpaired) electrons. The Hall–Kier alpha value is -6.21. The van der Waals surface area contributed by atoms with Crippen molar-refractivity contribution in [1.82, 2.24) is 39.9 Å². The molecule has 3 aliphatic rings. The summed E-state index contributed by atoms with van der Waals surface area (Å²) in [5, 5.41) is 11.9. The van der Waals surface area contributed by atoms with Gasteiger partial charge in [-0.25, -0.2) is 14.8 Å². The van der Waals surface area contributed by atoms with Crippen LogP contribution in [-0.2, 0) is 33.3 Å². The minimum Gasteiger partial charge on any atom is -0.495 e. The number of carbonyl (C=O) groups is 5. The molecule has 1 saturated carbocycles. The number of likely N-dealkylation sites (tertiary alicyclic amines) is 1. The van der Waals surface area contributed by atoms with Crippen LogP contribution in [0, 0.1) is 5.92 Å². The highest BCUT2D eigenvalue weighted by Crippen LogP contribution is 2.37. The second kappa shape index (κ2) is 31.5. The van der Waals surface area contributed by atoms with Gasteiger partial charge in [0.05, 0.1) is 77.9 Å². The fraction of sp³-hybridized carbons (Fsp3) is 0.586. The predicted molar refractivity (Wildman–Crippen MR) is 312 cm³/mol. The fourth-order valence-electron chi connectivity index (χ4n) is 9.86. The standard InChI is InChI=1S/C58H81ClN10O12S/c1-39(66(6)57(74)81-58(2,3)4)52(71)64-49(40-13-9-8-10-14-40)55(73)69-20-12-17-47(69)53-62-46(38-82-53)50(70)41-15-11-16-43(35-41)80-34-33-79-32-31-78-30-29-77-28-27-76-26-25-67-21-23-68(24-22-67)54(72)42-18-19-45(48(36-42)75-7)63-56-61-37-44(59)51(60-5)65-56/h11,15-16,18-19,35-40,47,49H,8-10,12-14,17,20-34H2,1-7H3,(H,64,71)(H2,60,61,63,65)/t39-,47-,49-/m0/s1. The lowest BCUT2D eigenvalue weighted by Gasteiger charge is -2.36. The van der Waals surface area contributed by atoms with Crippen LogP contribution >= 0.6 is 22.9 Å². The first-order valence-corrected chi connectivity index (χ1v) is 29.6. The molecule has 2 aromatic carbocycles. The molecule has 22 nitrogen and oxygen atoms in total. The summed E-state index contributed by atoms with van der Waals surface area (Å²) in [6.45, 7) is 14.6. The monoisotopic (exact) mass is 1180 g/mol. The molecule has 4 amide bonds. The van der Waals surface area contributed by atoms with E-state index in [-0.39, 0.29) is 41.9 Å². The molecule has 0 spiro atoms. The SMILES string of the molecule is CNc1nc(Nc2ccc(C(=O)N3CCN(CCOCCOCCOCCOCCOc4cccc(C(=O)c5csc([C@@H]6CCCN6C(=O)[C@@H](NC(=O)[C@H](C)N(C)C(=O)OC(C)(C)C)C6CCCCC6)n5)c4)CC3)cc2OC)ncc1Cl. The molecule has 0 bridgehead atoms. The molecule has 2 aromatic heterocycles. The molecule has 3 N–H and O–H groups in total. The number of likely N-dealkylation sites (N-methyl/N-ethyl adjacent to an activating group) is 1. The van der Waals surface area contributed by atoms with Gasteiger partial charge < -0.3 is 58.9 Å². The van der Waals surface area contributed by atoms with Crippen LogP contribution in [-0.4, -0.2) is 202 Å². The number of benzene rings is 2. The van der Waals surface area contributed by atoms with Gasteiger partial charge >= 0.3 is 6.09 Å². The lowest BCUT2D eigenvalue weighted by atomic mass is 9.83. The molecule has 4 aromatic rings. The normalized spacial score (nSPS) is 16.8. The Labute approximate surface area is 490 Å². The van der Waals surface area contributed by atoms with Crippen LogP contribution in [0.4, 0.5) is 22.2 Å². The van der Waals surface area contributed by atoms with Crippen LogP contribution in [0.5, 0.6) is 11.5 Å². The average molecular weight is 1180 g/mol. The number of hydrogen-bond acceptors (Lipinski definition) is 19. The van der Waals surface area contributed by atoms with Crippen LogP contribution in [0.25, 0.3) is 0 Å². The number of ketones is 1. The van der Waals surface area contributed by atoms with Crippen LogP contribution in [0.2, 0.25) is 5.02 Å². The molecule has 3 atom stereocenters. The van der Waals surface area contributed by atoms with Crippen LogP contribution in [0.1, 0.15) is 110 Å². The number of rotatable bonds is 29. The molecule has 24 heteroatoms. The van der Waals surface area contributed by atoms with Gasteiger partial charge in [0.1, 0.15) is 57.3 Å². The summed E-state index contributed by atoms with van der Waals surface area (Å²) in [6, 6.07) is 10.3. The zero-order chi connectivity index (χ0) is 58.6. The lowest BCUT2D eigenvalue weighted by molar-refractivity contribution is -0.140. The Morgan fingerprint density at radius 3 is 2.17 bits per heavy atom. The first-order valence-electron chi connectivity index (χ1n) is 28.3. The van der Waals surface area contributed by atoms with E-state index in [1.54, 1.807) is 89.7 Å². The number of ether oxygens (including phenoxy) is 7. The maximum Gasteiger partial charge on any atom is 0.410 e. The summed E-state index contributed by atoms with van der Waals surface area (Å²) in [5.41, 5.74) is 1.14. The summed E-state index contributed by atoms with van der Waals surface area (Å²) in [5.74, 6) is 0.910. The third kappa shape index (κ3) is 18.4. The molecule has 448 valence electrons. The molecule has 7 rings (SSSR count).